The van der Waals surface area contributed by atoms with Crippen LogP contribution in [-0.4, -0.2) is 62.7 Å². The number of ether oxygens (including phenoxy) is 1. The van der Waals surface area contributed by atoms with Gasteiger partial charge < -0.3 is 20.3 Å². The van der Waals surface area contributed by atoms with Gasteiger partial charge in [0.1, 0.15) is 6.54 Å². The fraction of sp³-hybridized carbons (Fsp3) is 0.895. The van der Waals surface area contributed by atoms with E-state index in [4.69, 9.17) is 4.74 Å². The second kappa shape index (κ2) is 11.3. The number of carbonyl (C=O) groups excluding carboxylic acids is 1. The normalized spacial score (nSPS) is 24.4. The Labute approximate surface area is 175 Å². The molecule has 1 spiro atoms. The Morgan fingerprint density at radius 3 is 2.50 bits per heavy atom. The molecule has 2 unspecified atom stereocenters. The topological polar surface area (TPSA) is 66.0 Å². The summed E-state index contributed by atoms with van der Waals surface area (Å²) in [5.74, 6) is 0.785. The lowest BCUT2D eigenvalue weighted by Gasteiger charge is -2.58. The van der Waals surface area contributed by atoms with E-state index in [1.807, 2.05) is 0 Å². The summed E-state index contributed by atoms with van der Waals surface area (Å²) in [6, 6.07) is 0.391. The number of hydrogen-bond acceptors (Lipinski definition) is 3. The molecule has 1 amide bonds. The van der Waals surface area contributed by atoms with Crippen LogP contribution in [0.25, 0.3) is 0 Å². The fourth-order valence-electron chi connectivity index (χ4n) is 4.11. The number of nitrogens with one attached hydrogen (secondary N) is 2. The predicted molar refractivity (Wildman–Crippen MR) is 117 cm³/mol. The van der Waals surface area contributed by atoms with Crippen molar-refractivity contribution in [2.24, 2.45) is 10.4 Å². The third-order valence-corrected chi connectivity index (χ3v) is 5.66. The minimum atomic E-state index is 0. The highest BCUT2D eigenvalue weighted by Gasteiger charge is 2.55. The van der Waals surface area contributed by atoms with Crippen molar-refractivity contribution >= 4 is 35.8 Å². The van der Waals surface area contributed by atoms with Crippen molar-refractivity contribution in [3.63, 3.8) is 0 Å². The molecule has 0 aromatic carbocycles. The van der Waals surface area contributed by atoms with Crippen LogP contribution in [0.2, 0.25) is 0 Å². The van der Waals surface area contributed by atoms with Crippen LogP contribution in [0.5, 0.6) is 0 Å². The van der Waals surface area contributed by atoms with Crippen LogP contribution in [0.1, 0.15) is 58.8 Å². The Morgan fingerprint density at radius 2 is 1.92 bits per heavy atom. The van der Waals surface area contributed by atoms with Gasteiger partial charge in [0.25, 0.3) is 0 Å². The zero-order valence-corrected chi connectivity index (χ0v) is 19.2. The maximum atomic E-state index is 11.9. The van der Waals surface area contributed by atoms with Crippen LogP contribution in [0.4, 0.5) is 0 Å². The summed E-state index contributed by atoms with van der Waals surface area (Å²) in [7, 11) is 3.53. The summed E-state index contributed by atoms with van der Waals surface area (Å²) >= 11 is 0. The van der Waals surface area contributed by atoms with Gasteiger partial charge in [0.2, 0.25) is 5.91 Å². The van der Waals surface area contributed by atoms with E-state index >= 15 is 0 Å². The van der Waals surface area contributed by atoms with Crippen LogP contribution < -0.4 is 10.6 Å². The number of amides is 1. The van der Waals surface area contributed by atoms with Gasteiger partial charge in [-0.15, -0.1) is 24.0 Å². The monoisotopic (exact) mass is 480 g/mol. The van der Waals surface area contributed by atoms with E-state index in [1.54, 1.807) is 19.0 Å². The van der Waals surface area contributed by atoms with Gasteiger partial charge >= 0.3 is 0 Å². The molecule has 2 rings (SSSR count). The summed E-state index contributed by atoms with van der Waals surface area (Å²) < 4.78 is 6.03. The lowest BCUT2D eigenvalue weighted by atomic mass is 9.55. The molecule has 0 bridgehead atoms. The van der Waals surface area contributed by atoms with Gasteiger partial charge in [-0.05, 0) is 32.6 Å². The SMILES string of the molecule is CCCNC(=NCC(=O)N(C)C)NC1CC(OCC)C12CCCCC2.I. The lowest BCUT2D eigenvalue weighted by molar-refractivity contribution is -0.145. The molecule has 0 heterocycles. The highest BCUT2D eigenvalue weighted by molar-refractivity contribution is 14.0. The summed E-state index contributed by atoms with van der Waals surface area (Å²) in [5.41, 5.74) is 0.245. The zero-order chi connectivity index (χ0) is 18.3. The molecular weight excluding hydrogens is 443 g/mol. The first-order valence-electron chi connectivity index (χ1n) is 9.90. The Hall–Kier alpha value is -0.570. The number of nitrogens with zero attached hydrogens (tertiary/aromatic N) is 2. The Morgan fingerprint density at radius 1 is 1.23 bits per heavy atom. The standard InChI is InChI=1S/C19H36N4O2.HI/c1-5-12-20-18(21-14-17(24)23(3)4)22-15-13-16(25-6-2)19(15)10-8-7-9-11-19;/h15-16H,5-14H2,1-4H3,(H2,20,21,22);1H. The van der Waals surface area contributed by atoms with E-state index in [1.165, 1.54) is 32.1 Å². The summed E-state index contributed by atoms with van der Waals surface area (Å²) in [6.07, 6.45) is 8.79. The second-order valence-corrected chi connectivity index (χ2v) is 7.55. The molecule has 0 saturated heterocycles. The van der Waals surface area contributed by atoms with Crippen LogP contribution >= 0.6 is 24.0 Å². The van der Waals surface area contributed by atoms with Gasteiger partial charge in [0.05, 0.1) is 6.10 Å². The number of guanidine groups is 1. The zero-order valence-electron chi connectivity index (χ0n) is 16.8. The van der Waals surface area contributed by atoms with E-state index in [0.29, 0.717) is 12.1 Å². The average Bonchev–Trinajstić information content (AvgIpc) is 2.62. The van der Waals surface area contributed by atoms with Crippen molar-refractivity contribution in [3.8, 4) is 0 Å². The van der Waals surface area contributed by atoms with Crippen molar-refractivity contribution in [1.29, 1.82) is 0 Å². The molecule has 2 N–H and O–H groups in total. The molecule has 2 saturated carbocycles. The van der Waals surface area contributed by atoms with Crippen molar-refractivity contribution in [2.75, 3.05) is 33.8 Å². The molecule has 0 radical (unpaired) electrons. The molecule has 7 heteroatoms. The predicted octanol–water partition coefficient (Wildman–Crippen LogP) is 2.77. The van der Waals surface area contributed by atoms with E-state index in [9.17, 15) is 4.79 Å². The largest absolute Gasteiger partial charge is 0.378 e. The van der Waals surface area contributed by atoms with E-state index in [0.717, 1.165) is 32.0 Å². The molecule has 0 aliphatic heterocycles. The smallest absolute Gasteiger partial charge is 0.243 e. The first-order chi connectivity index (χ1) is 12.0. The van der Waals surface area contributed by atoms with Gasteiger partial charge in [-0.3, -0.25) is 4.79 Å². The molecule has 152 valence electrons. The van der Waals surface area contributed by atoms with Crippen LogP contribution in [0, 0.1) is 5.41 Å². The molecule has 6 nitrogen and oxygen atoms in total. The number of hydrogen-bond donors (Lipinski definition) is 2. The Balaban J connectivity index is 0.00000338. The van der Waals surface area contributed by atoms with Crippen LogP contribution in [0.3, 0.4) is 0 Å². The molecule has 0 aromatic rings. The maximum Gasteiger partial charge on any atom is 0.243 e. The molecule has 2 aliphatic carbocycles. The van der Waals surface area contributed by atoms with Crippen LogP contribution in [-0.2, 0) is 9.53 Å². The van der Waals surface area contributed by atoms with Gasteiger partial charge in [-0.2, -0.15) is 0 Å². The third kappa shape index (κ3) is 5.71. The minimum absolute atomic E-state index is 0. The van der Waals surface area contributed by atoms with Crippen molar-refractivity contribution in [3.05, 3.63) is 0 Å². The van der Waals surface area contributed by atoms with Crippen molar-refractivity contribution in [2.45, 2.75) is 70.9 Å². The molecular formula is C19H37IN4O2. The quantitative estimate of drug-likeness (QED) is 0.334. The lowest BCUT2D eigenvalue weighted by Crippen LogP contribution is -2.66. The van der Waals surface area contributed by atoms with Crippen molar-refractivity contribution in [1.82, 2.24) is 15.5 Å². The van der Waals surface area contributed by atoms with Gasteiger partial charge in [0.15, 0.2) is 5.96 Å². The maximum absolute atomic E-state index is 11.9. The number of aliphatic imine (C=N–C) groups is 1. The molecule has 2 fully saturated rings. The van der Waals surface area contributed by atoms with Gasteiger partial charge in [-0.25, -0.2) is 4.99 Å². The highest BCUT2D eigenvalue weighted by Crippen LogP contribution is 2.53. The number of rotatable bonds is 7. The molecule has 2 atom stereocenters. The third-order valence-electron chi connectivity index (χ3n) is 5.66. The number of carbonyl (C=O) groups is 1. The summed E-state index contributed by atoms with van der Waals surface area (Å²) in [5, 5.41) is 6.98. The molecule has 26 heavy (non-hydrogen) atoms. The molecule has 2 aliphatic rings. The fourth-order valence-corrected chi connectivity index (χ4v) is 4.11. The highest BCUT2D eigenvalue weighted by atomic mass is 127. The summed E-state index contributed by atoms with van der Waals surface area (Å²) in [6.45, 7) is 6.04. The van der Waals surface area contributed by atoms with E-state index < -0.39 is 0 Å². The van der Waals surface area contributed by atoms with Crippen molar-refractivity contribution < 1.29 is 9.53 Å². The number of likely N-dealkylation sites (N-methyl/N-ethyl adjacent to an activating group) is 1. The molecule has 0 aromatic heterocycles. The minimum Gasteiger partial charge on any atom is -0.378 e. The van der Waals surface area contributed by atoms with E-state index in [2.05, 4.69) is 29.5 Å². The summed E-state index contributed by atoms with van der Waals surface area (Å²) in [4.78, 5) is 18.0. The first-order valence-corrected chi connectivity index (χ1v) is 9.90. The first kappa shape index (κ1) is 23.5. The van der Waals surface area contributed by atoms with Crippen LogP contribution in [0.15, 0.2) is 4.99 Å². The average molecular weight is 480 g/mol. The van der Waals surface area contributed by atoms with Gasteiger partial charge in [0, 0.05) is 38.7 Å². The number of halogens is 1. The Bertz CT molecular complexity index is 464. The van der Waals surface area contributed by atoms with E-state index in [-0.39, 0.29) is 41.8 Å². The van der Waals surface area contributed by atoms with Gasteiger partial charge in [-0.1, -0.05) is 26.2 Å². The Kier molecular flexibility index (Phi) is 10.2. The second-order valence-electron chi connectivity index (χ2n) is 7.55.